The molecule has 0 bridgehead atoms. The number of rotatable bonds is 3. The van der Waals surface area contributed by atoms with Crippen LogP contribution in [0.5, 0.6) is 5.75 Å². The summed E-state index contributed by atoms with van der Waals surface area (Å²) in [4.78, 5) is 2.75. The van der Waals surface area contributed by atoms with E-state index in [0.717, 1.165) is 24.0 Å². The lowest BCUT2D eigenvalue weighted by Crippen LogP contribution is -2.52. The Bertz CT molecular complexity index is 974. The van der Waals surface area contributed by atoms with Crippen molar-refractivity contribution in [2.75, 3.05) is 20.2 Å². The maximum absolute atomic E-state index is 11.5. The number of benzene rings is 1. The molecule has 0 aromatic heterocycles. The minimum Gasteiger partial charge on any atom is -0.497 e. The fourth-order valence-corrected chi connectivity index (χ4v) is 8.98. The summed E-state index contributed by atoms with van der Waals surface area (Å²) in [5, 5.41) is 11.5. The van der Waals surface area contributed by atoms with Crippen molar-refractivity contribution < 1.29 is 9.84 Å². The number of methoxy groups -OCH3 is 1. The van der Waals surface area contributed by atoms with Gasteiger partial charge in [-0.2, -0.15) is 0 Å². The molecule has 4 fully saturated rings. The summed E-state index contributed by atoms with van der Waals surface area (Å²) < 4.78 is 5.32. The Kier molecular flexibility index (Phi) is 5.73. The molecule has 1 N–H and O–H groups in total. The van der Waals surface area contributed by atoms with E-state index in [4.69, 9.17) is 4.74 Å². The molecule has 3 heteroatoms. The highest BCUT2D eigenvalue weighted by atomic mass is 16.5. The molecule has 3 nitrogen and oxygen atoms in total. The lowest BCUT2D eigenvalue weighted by atomic mass is 9.47. The Hall–Kier alpha value is -1.58. The average molecular weight is 462 g/mol. The SMILES string of the molecule is COc1ccc(C=C2C[C@H]3[C@@H]4CCC5=C[C@@H](N6CCCC6)CC[C@]5(C)[C@H]4CC[C@]3(C)[C@H]2O)cc1. The molecule has 1 aromatic rings. The Morgan fingerprint density at radius 3 is 2.50 bits per heavy atom. The molecule has 184 valence electrons. The number of hydrogen-bond donors (Lipinski definition) is 1. The van der Waals surface area contributed by atoms with Crippen LogP contribution in [0.2, 0.25) is 0 Å². The van der Waals surface area contributed by atoms with Gasteiger partial charge in [-0.05, 0) is 117 Å². The molecule has 6 rings (SSSR count). The smallest absolute Gasteiger partial charge is 0.118 e. The van der Waals surface area contributed by atoms with Crippen LogP contribution in [0.4, 0.5) is 0 Å². The Balaban J connectivity index is 1.25. The van der Waals surface area contributed by atoms with Gasteiger partial charge in [0.1, 0.15) is 5.75 Å². The van der Waals surface area contributed by atoms with Gasteiger partial charge in [0, 0.05) is 11.5 Å². The van der Waals surface area contributed by atoms with Gasteiger partial charge in [0.15, 0.2) is 0 Å². The number of hydrogen-bond acceptors (Lipinski definition) is 3. The second-order valence-electron chi connectivity index (χ2n) is 12.5. The second-order valence-corrected chi connectivity index (χ2v) is 12.5. The van der Waals surface area contributed by atoms with Gasteiger partial charge in [-0.1, -0.05) is 43.7 Å². The van der Waals surface area contributed by atoms with E-state index in [2.05, 4.69) is 43.0 Å². The molecule has 0 spiro atoms. The van der Waals surface area contributed by atoms with Gasteiger partial charge in [0.05, 0.1) is 13.2 Å². The fraction of sp³-hybridized carbons (Fsp3) is 0.677. The molecule has 0 unspecified atom stereocenters. The van der Waals surface area contributed by atoms with Crippen LogP contribution in [0.3, 0.4) is 0 Å². The maximum atomic E-state index is 11.5. The van der Waals surface area contributed by atoms with E-state index < -0.39 is 0 Å². The summed E-state index contributed by atoms with van der Waals surface area (Å²) in [6.45, 7) is 7.61. The molecular formula is C31H43NO2. The molecule has 4 aliphatic carbocycles. The minimum absolute atomic E-state index is 0.0315. The quantitative estimate of drug-likeness (QED) is 0.523. The number of ether oxygens (including phenoxy) is 1. The van der Waals surface area contributed by atoms with Crippen molar-refractivity contribution in [3.05, 3.63) is 47.1 Å². The first-order valence-corrected chi connectivity index (χ1v) is 13.9. The van der Waals surface area contributed by atoms with Gasteiger partial charge in [-0.25, -0.2) is 0 Å². The Morgan fingerprint density at radius 1 is 1.00 bits per heavy atom. The van der Waals surface area contributed by atoms with E-state index in [9.17, 15) is 5.11 Å². The van der Waals surface area contributed by atoms with Crippen molar-refractivity contribution in [3.8, 4) is 5.75 Å². The number of aliphatic hydroxyl groups is 1. The lowest BCUT2D eigenvalue weighted by molar-refractivity contribution is -0.0726. The zero-order chi connectivity index (χ0) is 23.5. The molecular weight excluding hydrogens is 418 g/mol. The molecule has 7 atom stereocenters. The van der Waals surface area contributed by atoms with Crippen molar-refractivity contribution in [2.24, 2.45) is 28.6 Å². The van der Waals surface area contributed by atoms with Crippen LogP contribution in [0.1, 0.15) is 77.2 Å². The highest BCUT2D eigenvalue weighted by molar-refractivity contribution is 5.56. The fourth-order valence-electron chi connectivity index (χ4n) is 8.98. The van der Waals surface area contributed by atoms with Gasteiger partial charge in [0.25, 0.3) is 0 Å². The third-order valence-electron chi connectivity index (χ3n) is 11.0. The largest absolute Gasteiger partial charge is 0.497 e. The number of likely N-dealkylation sites (tertiary alicyclic amines) is 1. The van der Waals surface area contributed by atoms with Crippen LogP contribution in [0.25, 0.3) is 6.08 Å². The zero-order valence-corrected chi connectivity index (χ0v) is 21.4. The summed E-state index contributed by atoms with van der Waals surface area (Å²) in [7, 11) is 1.71. The maximum Gasteiger partial charge on any atom is 0.118 e. The molecule has 1 heterocycles. The molecule has 1 saturated heterocycles. The predicted molar refractivity (Wildman–Crippen MR) is 139 cm³/mol. The Morgan fingerprint density at radius 2 is 1.76 bits per heavy atom. The molecule has 1 aliphatic heterocycles. The van der Waals surface area contributed by atoms with E-state index in [1.807, 2.05) is 12.1 Å². The van der Waals surface area contributed by atoms with Crippen LogP contribution in [0, 0.1) is 28.6 Å². The molecule has 34 heavy (non-hydrogen) atoms. The van der Waals surface area contributed by atoms with Gasteiger partial charge in [-0.3, -0.25) is 4.90 Å². The van der Waals surface area contributed by atoms with Crippen LogP contribution in [-0.4, -0.2) is 42.4 Å². The highest BCUT2D eigenvalue weighted by Gasteiger charge is 2.60. The normalized spacial score (nSPS) is 43.2. The summed E-state index contributed by atoms with van der Waals surface area (Å²) >= 11 is 0. The van der Waals surface area contributed by atoms with E-state index in [0.29, 0.717) is 17.4 Å². The van der Waals surface area contributed by atoms with Crippen molar-refractivity contribution in [3.63, 3.8) is 0 Å². The van der Waals surface area contributed by atoms with Gasteiger partial charge < -0.3 is 9.84 Å². The summed E-state index contributed by atoms with van der Waals surface area (Å²) in [5.41, 5.74) is 4.63. The minimum atomic E-state index is -0.309. The van der Waals surface area contributed by atoms with Crippen LogP contribution in [0.15, 0.2) is 41.5 Å². The zero-order valence-electron chi connectivity index (χ0n) is 21.4. The van der Waals surface area contributed by atoms with Crippen molar-refractivity contribution >= 4 is 6.08 Å². The molecule has 3 saturated carbocycles. The number of fused-ring (bicyclic) bond motifs is 5. The van der Waals surface area contributed by atoms with E-state index in [1.165, 1.54) is 75.6 Å². The predicted octanol–water partition coefficient (Wildman–Crippen LogP) is 6.48. The van der Waals surface area contributed by atoms with Crippen LogP contribution >= 0.6 is 0 Å². The number of aliphatic hydroxyl groups excluding tert-OH is 1. The van der Waals surface area contributed by atoms with E-state index in [1.54, 1.807) is 12.7 Å². The third-order valence-corrected chi connectivity index (χ3v) is 11.0. The highest BCUT2D eigenvalue weighted by Crippen LogP contribution is 2.66. The second kappa shape index (κ2) is 8.52. The van der Waals surface area contributed by atoms with Crippen LogP contribution < -0.4 is 4.74 Å². The topological polar surface area (TPSA) is 32.7 Å². The number of allylic oxidation sites excluding steroid dienone is 1. The van der Waals surface area contributed by atoms with Crippen molar-refractivity contribution in [1.82, 2.24) is 4.90 Å². The van der Waals surface area contributed by atoms with Gasteiger partial charge >= 0.3 is 0 Å². The lowest BCUT2D eigenvalue weighted by Gasteiger charge is -2.58. The monoisotopic (exact) mass is 461 g/mol. The standard InChI is InChI=1S/C31H43NO2/c1-30-14-12-24(32-16-4-5-17-32)20-23(30)8-11-26-27(30)13-15-31(2)28(26)19-22(29(31)33)18-21-6-9-25(34-3)10-7-21/h6-7,9-10,18,20,24,26-29,33H,4-5,8,11-17,19H2,1-3H3/t24-,26+,27-,28-,29-,30-,31-/m0/s1. The first kappa shape index (κ1) is 22.9. The average Bonchev–Trinajstić information content (AvgIpc) is 3.47. The first-order valence-electron chi connectivity index (χ1n) is 13.9. The van der Waals surface area contributed by atoms with Gasteiger partial charge in [-0.15, -0.1) is 0 Å². The third kappa shape index (κ3) is 3.53. The van der Waals surface area contributed by atoms with Gasteiger partial charge in [0.2, 0.25) is 0 Å². The summed E-state index contributed by atoms with van der Waals surface area (Å²) in [6.07, 6.45) is 16.3. The molecule has 0 radical (unpaired) electrons. The van der Waals surface area contributed by atoms with Crippen molar-refractivity contribution in [1.29, 1.82) is 0 Å². The Labute approximate surface area is 206 Å². The van der Waals surface area contributed by atoms with Crippen molar-refractivity contribution in [2.45, 2.75) is 83.8 Å². The molecule has 0 amide bonds. The first-order chi connectivity index (χ1) is 16.4. The van der Waals surface area contributed by atoms with Crippen LogP contribution in [-0.2, 0) is 0 Å². The summed E-state index contributed by atoms with van der Waals surface area (Å²) in [5.74, 6) is 3.04. The molecule has 1 aromatic carbocycles. The molecule has 5 aliphatic rings. The number of nitrogens with zero attached hydrogens (tertiary/aromatic N) is 1. The summed E-state index contributed by atoms with van der Waals surface area (Å²) in [6, 6.07) is 8.97. The van der Waals surface area contributed by atoms with E-state index in [-0.39, 0.29) is 11.5 Å². The van der Waals surface area contributed by atoms with E-state index >= 15 is 0 Å².